The number of hydrogen-bond acceptors (Lipinski definition) is 3. The molecule has 0 saturated heterocycles. The second-order valence-electron chi connectivity index (χ2n) is 3.56. The van der Waals surface area contributed by atoms with Crippen molar-refractivity contribution in [3.63, 3.8) is 0 Å². The molecule has 4 nitrogen and oxygen atoms in total. The summed E-state index contributed by atoms with van der Waals surface area (Å²) in [6.07, 6.45) is 0.736. The maximum absolute atomic E-state index is 12.8. The average molecular weight is 276 g/mol. The SMILES string of the molecule is COCCCNC(=O)COc1ccc(F)cc1Cl. The highest BCUT2D eigenvalue weighted by molar-refractivity contribution is 6.32. The molecule has 1 amide bonds. The lowest BCUT2D eigenvalue weighted by atomic mass is 10.3. The van der Waals surface area contributed by atoms with E-state index in [0.717, 1.165) is 12.5 Å². The van der Waals surface area contributed by atoms with E-state index < -0.39 is 5.82 Å². The van der Waals surface area contributed by atoms with Crippen LogP contribution in [-0.2, 0) is 9.53 Å². The number of ether oxygens (including phenoxy) is 2. The third-order valence-corrected chi connectivity index (χ3v) is 2.40. The number of carbonyl (C=O) groups is 1. The fraction of sp³-hybridized carbons (Fsp3) is 0.417. The number of hydrogen-bond donors (Lipinski definition) is 1. The minimum Gasteiger partial charge on any atom is -0.482 e. The lowest BCUT2D eigenvalue weighted by Crippen LogP contribution is -2.30. The highest BCUT2D eigenvalue weighted by atomic mass is 35.5. The summed E-state index contributed by atoms with van der Waals surface area (Å²) in [5.74, 6) is -0.423. The topological polar surface area (TPSA) is 47.6 Å². The molecule has 0 radical (unpaired) electrons. The van der Waals surface area contributed by atoms with E-state index in [9.17, 15) is 9.18 Å². The maximum atomic E-state index is 12.8. The fourth-order valence-corrected chi connectivity index (χ4v) is 1.45. The fourth-order valence-electron chi connectivity index (χ4n) is 1.23. The molecule has 1 aromatic rings. The van der Waals surface area contributed by atoms with Crippen molar-refractivity contribution >= 4 is 17.5 Å². The molecule has 0 atom stereocenters. The van der Waals surface area contributed by atoms with Gasteiger partial charge in [-0.15, -0.1) is 0 Å². The van der Waals surface area contributed by atoms with Crippen molar-refractivity contribution in [2.75, 3.05) is 26.9 Å². The van der Waals surface area contributed by atoms with E-state index in [0.29, 0.717) is 13.2 Å². The summed E-state index contributed by atoms with van der Waals surface area (Å²) in [5, 5.41) is 2.80. The monoisotopic (exact) mass is 275 g/mol. The third-order valence-electron chi connectivity index (χ3n) is 2.10. The van der Waals surface area contributed by atoms with Crippen molar-refractivity contribution in [2.24, 2.45) is 0 Å². The summed E-state index contributed by atoms with van der Waals surface area (Å²) in [5.41, 5.74) is 0. The van der Waals surface area contributed by atoms with Crippen molar-refractivity contribution in [3.8, 4) is 5.75 Å². The average Bonchev–Trinajstić information content (AvgIpc) is 2.33. The van der Waals surface area contributed by atoms with Gasteiger partial charge >= 0.3 is 0 Å². The molecular weight excluding hydrogens is 261 g/mol. The Morgan fingerprint density at radius 3 is 2.94 bits per heavy atom. The van der Waals surface area contributed by atoms with Crippen LogP contribution in [0, 0.1) is 5.82 Å². The van der Waals surface area contributed by atoms with Crippen LogP contribution in [0.25, 0.3) is 0 Å². The summed E-state index contributed by atoms with van der Waals surface area (Å²) < 4.78 is 22.8. The highest BCUT2D eigenvalue weighted by Crippen LogP contribution is 2.24. The standard InChI is InChI=1S/C12H15ClFNO3/c1-17-6-2-5-15-12(16)8-18-11-4-3-9(14)7-10(11)13/h3-4,7H,2,5-6,8H2,1H3,(H,15,16). The van der Waals surface area contributed by atoms with E-state index >= 15 is 0 Å². The molecule has 0 bridgehead atoms. The van der Waals surface area contributed by atoms with Crippen LogP contribution in [0.2, 0.25) is 5.02 Å². The van der Waals surface area contributed by atoms with Gasteiger partial charge in [-0.25, -0.2) is 4.39 Å². The highest BCUT2D eigenvalue weighted by Gasteiger charge is 2.06. The molecule has 0 aliphatic carbocycles. The Morgan fingerprint density at radius 2 is 2.28 bits per heavy atom. The van der Waals surface area contributed by atoms with Crippen LogP contribution in [0.3, 0.4) is 0 Å². The minimum absolute atomic E-state index is 0.141. The van der Waals surface area contributed by atoms with Gasteiger partial charge < -0.3 is 14.8 Å². The molecule has 1 N–H and O–H groups in total. The summed E-state index contributed by atoms with van der Waals surface area (Å²) in [4.78, 5) is 11.4. The molecule has 0 aliphatic heterocycles. The van der Waals surface area contributed by atoms with Crippen LogP contribution >= 0.6 is 11.6 Å². The molecular formula is C12H15ClFNO3. The summed E-state index contributed by atoms with van der Waals surface area (Å²) in [6, 6.07) is 3.74. The van der Waals surface area contributed by atoms with Crippen molar-refractivity contribution in [2.45, 2.75) is 6.42 Å². The smallest absolute Gasteiger partial charge is 0.257 e. The van der Waals surface area contributed by atoms with Gasteiger partial charge in [0.15, 0.2) is 6.61 Å². The van der Waals surface area contributed by atoms with Crippen LogP contribution < -0.4 is 10.1 Å². The number of methoxy groups -OCH3 is 1. The third kappa shape index (κ3) is 5.33. The summed E-state index contributed by atoms with van der Waals surface area (Å²) >= 11 is 5.75. The van der Waals surface area contributed by atoms with Gasteiger partial charge in [0.05, 0.1) is 5.02 Å². The van der Waals surface area contributed by atoms with Gasteiger partial charge in [0.1, 0.15) is 11.6 Å². The van der Waals surface area contributed by atoms with Gasteiger partial charge in [-0.1, -0.05) is 11.6 Å². The van der Waals surface area contributed by atoms with Crippen molar-refractivity contribution in [3.05, 3.63) is 29.0 Å². The second-order valence-corrected chi connectivity index (χ2v) is 3.97. The molecule has 100 valence electrons. The number of nitrogens with one attached hydrogen (secondary N) is 1. The first-order valence-corrected chi connectivity index (χ1v) is 5.84. The Labute approximate surface area is 110 Å². The molecule has 1 rings (SSSR count). The first kappa shape index (κ1) is 14.7. The van der Waals surface area contributed by atoms with Crippen LogP contribution in [0.4, 0.5) is 4.39 Å². The van der Waals surface area contributed by atoms with Crippen LogP contribution in [-0.4, -0.2) is 32.8 Å². The predicted molar refractivity (Wildman–Crippen MR) is 66.4 cm³/mol. The van der Waals surface area contributed by atoms with E-state index in [1.165, 1.54) is 12.1 Å². The van der Waals surface area contributed by atoms with E-state index in [2.05, 4.69) is 5.32 Å². The molecule has 0 aromatic heterocycles. The zero-order valence-corrected chi connectivity index (χ0v) is 10.8. The second kappa shape index (κ2) is 7.89. The van der Waals surface area contributed by atoms with Gasteiger partial charge in [0.2, 0.25) is 0 Å². The normalized spacial score (nSPS) is 10.2. The van der Waals surface area contributed by atoms with Gasteiger partial charge in [0.25, 0.3) is 5.91 Å². The Morgan fingerprint density at radius 1 is 1.50 bits per heavy atom. The summed E-state index contributed by atoms with van der Waals surface area (Å²) in [7, 11) is 1.60. The molecule has 0 spiro atoms. The van der Waals surface area contributed by atoms with Gasteiger partial charge in [-0.3, -0.25) is 4.79 Å². The van der Waals surface area contributed by atoms with Crippen molar-refractivity contribution < 1.29 is 18.7 Å². The Bertz CT molecular complexity index is 401. The van der Waals surface area contributed by atoms with E-state index in [4.69, 9.17) is 21.1 Å². The van der Waals surface area contributed by atoms with Crippen LogP contribution in [0.1, 0.15) is 6.42 Å². The summed E-state index contributed by atoms with van der Waals surface area (Å²) in [6.45, 7) is 0.955. The number of carbonyl (C=O) groups excluding carboxylic acids is 1. The maximum Gasteiger partial charge on any atom is 0.257 e. The number of halogens is 2. The molecule has 0 saturated carbocycles. The van der Waals surface area contributed by atoms with Gasteiger partial charge in [0, 0.05) is 20.3 Å². The van der Waals surface area contributed by atoms with Crippen LogP contribution in [0.5, 0.6) is 5.75 Å². The van der Waals surface area contributed by atoms with Crippen molar-refractivity contribution in [1.82, 2.24) is 5.32 Å². The molecule has 0 aliphatic rings. The van der Waals surface area contributed by atoms with Crippen LogP contribution in [0.15, 0.2) is 18.2 Å². The van der Waals surface area contributed by atoms with E-state index in [1.807, 2.05) is 0 Å². The first-order valence-electron chi connectivity index (χ1n) is 5.47. The van der Waals surface area contributed by atoms with Gasteiger partial charge in [-0.2, -0.15) is 0 Å². The number of rotatable bonds is 7. The molecule has 0 unspecified atom stereocenters. The van der Waals surface area contributed by atoms with E-state index in [1.54, 1.807) is 7.11 Å². The minimum atomic E-state index is -0.448. The van der Waals surface area contributed by atoms with Gasteiger partial charge in [-0.05, 0) is 24.6 Å². The molecule has 0 heterocycles. The quantitative estimate of drug-likeness (QED) is 0.775. The predicted octanol–water partition coefficient (Wildman–Crippen LogP) is 2.01. The largest absolute Gasteiger partial charge is 0.482 e. The lowest BCUT2D eigenvalue weighted by Gasteiger charge is -2.08. The zero-order chi connectivity index (χ0) is 13.4. The molecule has 0 fully saturated rings. The zero-order valence-electron chi connectivity index (χ0n) is 10.0. The lowest BCUT2D eigenvalue weighted by molar-refractivity contribution is -0.123. The van der Waals surface area contributed by atoms with E-state index in [-0.39, 0.29) is 23.3 Å². The van der Waals surface area contributed by atoms with Crippen molar-refractivity contribution in [1.29, 1.82) is 0 Å². The first-order chi connectivity index (χ1) is 8.63. The molecule has 18 heavy (non-hydrogen) atoms. The Kier molecular flexibility index (Phi) is 6.46. The number of benzene rings is 1. The molecule has 6 heteroatoms. The Balaban J connectivity index is 2.29. The Hall–Kier alpha value is -1.33. The molecule has 1 aromatic carbocycles. The number of amides is 1.